The van der Waals surface area contributed by atoms with Gasteiger partial charge in [-0.2, -0.15) is 0 Å². The van der Waals surface area contributed by atoms with Crippen LogP contribution in [0.5, 0.6) is 0 Å². The maximum atomic E-state index is 13.9. The van der Waals surface area contributed by atoms with Crippen LogP contribution in [0.25, 0.3) is 11.4 Å². The number of carbonyl (C=O) groups excluding carboxylic acids is 1. The van der Waals surface area contributed by atoms with Gasteiger partial charge in [0.15, 0.2) is 15.7 Å². The number of aliphatic hydroxyl groups is 1. The predicted octanol–water partition coefficient (Wildman–Crippen LogP) is 2.32. The van der Waals surface area contributed by atoms with Crippen LogP contribution in [0.2, 0.25) is 0 Å². The number of hydrogen-bond donors (Lipinski definition) is 4. The normalized spacial score (nSPS) is 15.3. The van der Waals surface area contributed by atoms with E-state index in [4.69, 9.17) is 15.6 Å². The molecule has 1 aliphatic rings. The van der Waals surface area contributed by atoms with Crippen molar-refractivity contribution in [2.24, 2.45) is 0 Å². The number of benzene rings is 2. The van der Waals surface area contributed by atoms with Crippen LogP contribution in [0.3, 0.4) is 0 Å². The fraction of sp³-hybridized carbons (Fsp3) is 0.292. The van der Waals surface area contributed by atoms with Gasteiger partial charge in [0, 0.05) is 37.1 Å². The minimum Gasteiger partial charge on any atom is -0.395 e. The first-order valence-corrected chi connectivity index (χ1v) is 12.6. The predicted molar refractivity (Wildman–Crippen MR) is 131 cm³/mol. The van der Waals surface area contributed by atoms with Gasteiger partial charge in [-0.05, 0) is 49.2 Å². The number of aromatic nitrogens is 2. The molecule has 35 heavy (non-hydrogen) atoms. The molecule has 184 valence electrons. The Balaban J connectivity index is 1.70. The summed E-state index contributed by atoms with van der Waals surface area (Å²) in [6, 6.07) is 16.2. The largest absolute Gasteiger partial charge is 0.395 e. The minimum atomic E-state index is -3.82. The van der Waals surface area contributed by atoms with Crippen molar-refractivity contribution in [1.82, 2.24) is 15.3 Å². The molecule has 10 nitrogen and oxygen atoms in total. The molecule has 3 aromatic rings. The molecule has 4 rings (SSSR count). The highest BCUT2D eigenvalue weighted by Gasteiger charge is 2.49. The maximum Gasteiger partial charge on any atom is 0.319 e. The SMILES string of the molecule is Nc1cc(C2(S(=O)(=O)c3ccccc3)CCOCC2)nc(-c2ccc(NC(=O)NCCO)cc2)n1. The van der Waals surface area contributed by atoms with Crippen molar-refractivity contribution in [3.63, 3.8) is 0 Å². The number of hydrogen-bond acceptors (Lipinski definition) is 8. The Morgan fingerprint density at radius 3 is 2.40 bits per heavy atom. The fourth-order valence-electron chi connectivity index (χ4n) is 4.06. The average Bonchev–Trinajstić information content (AvgIpc) is 2.88. The van der Waals surface area contributed by atoms with Crippen LogP contribution < -0.4 is 16.4 Å². The molecule has 1 fully saturated rings. The van der Waals surface area contributed by atoms with Gasteiger partial charge >= 0.3 is 6.03 Å². The summed E-state index contributed by atoms with van der Waals surface area (Å²) in [5.74, 6) is 0.440. The molecule has 11 heteroatoms. The van der Waals surface area contributed by atoms with Gasteiger partial charge in [0.05, 0.1) is 17.2 Å². The number of anilines is 2. The first-order chi connectivity index (χ1) is 16.9. The number of ether oxygens (including phenoxy) is 1. The minimum absolute atomic E-state index is 0.141. The number of sulfone groups is 1. The molecule has 0 bridgehead atoms. The van der Waals surface area contributed by atoms with Crippen molar-refractivity contribution >= 4 is 27.4 Å². The van der Waals surface area contributed by atoms with Gasteiger partial charge in [0.25, 0.3) is 0 Å². The third-order valence-electron chi connectivity index (χ3n) is 5.88. The van der Waals surface area contributed by atoms with E-state index in [0.717, 1.165) is 0 Å². The number of amides is 2. The van der Waals surface area contributed by atoms with Gasteiger partial charge in [-0.25, -0.2) is 23.2 Å². The number of nitrogens with two attached hydrogens (primary N) is 1. The van der Waals surface area contributed by atoms with Gasteiger partial charge in [0.2, 0.25) is 0 Å². The lowest BCUT2D eigenvalue weighted by Crippen LogP contribution is -2.42. The number of nitrogens with zero attached hydrogens (tertiary/aromatic N) is 2. The van der Waals surface area contributed by atoms with Crippen molar-refractivity contribution < 1.29 is 23.1 Å². The van der Waals surface area contributed by atoms with Crippen LogP contribution in [-0.4, -0.2) is 55.9 Å². The summed E-state index contributed by atoms with van der Waals surface area (Å²) in [5, 5.41) is 14.0. The molecule has 0 radical (unpaired) electrons. The zero-order valence-electron chi connectivity index (χ0n) is 19.0. The Bertz CT molecular complexity index is 1280. The number of nitrogens with one attached hydrogen (secondary N) is 2. The monoisotopic (exact) mass is 497 g/mol. The molecule has 1 saturated heterocycles. The summed E-state index contributed by atoms with van der Waals surface area (Å²) in [4.78, 5) is 21.0. The average molecular weight is 498 g/mol. The molecule has 1 aliphatic heterocycles. The molecule has 1 aromatic heterocycles. The topological polar surface area (TPSA) is 157 Å². The molecule has 0 spiro atoms. The summed E-state index contributed by atoms with van der Waals surface area (Å²) < 4.78 is 31.9. The van der Waals surface area contributed by atoms with E-state index >= 15 is 0 Å². The quantitative estimate of drug-likeness (QED) is 0.387. The lowest BCUT2D eigenvalue weighted by molar-refractivity contribution is 0.0730. The van der Waals surface area contributed by atoms with Gasteiger partial charge < -0.3 is 26.2 Å². The maximum absolute atomic E-state index is 13.9. The van der Waals surface area contributed by atoms with Crippen LogP contribution in [0, 0.1) is 0 Å². The van der Waals surface area contributed by atoms with E-state index in [2.05, 4.69) is 20.6 Å². The van der Waals surface area contributed by atoms with E-state index < -0.39 is 20.6 Å². The van der Waals surface area contributed by atoms with Gasteiger partial charge in [-0.1, -0.05) is 18.2 Å². The molecule has 2 aromatic carbocycles. The number of rotatable bonds is 7. The Morgan fingerprint density at radius 2 is 1.74 bits per heavy atom. The third-order valence-corrected chi connectivity index (χ3v) is 8.42. The fourth-order valence-corrected chi connectivity index (χ4v) is 6.12. The molecule has 2 heterocycles. The number of nitrogen functional groups attached to an aromatic ring is 1. The van der Waals surface area contributed by atoms with E-state index in [0.29, 0.717) is 16.9 Å². The number of aliphatic hydroxyl groups excluding tert-OH is 1. The molecule has 0 atom stereocenters. The summed E-state index contributed by atoms with van der Waals surface area (Å²) >= 11 is 0. The van der Waals surface area contributed by atoms with Crippen LogP contribution >= 0.6 is 0 Å². The highest BCUT2D eigenvalue weighted by atomic mass is 32.2. The van der Waals surface area contributed by atoms with Crippen LogP contribution in [-0.2, 0) is 19.3 Å². The summed E-state index contributed by atoms with van der Waals surface area (Å²) in [6.07, 6.45) is 0.484. The van der Waals surface area contributed by atoms with Crippen molar-refractivity contribution in [2.45, 2.75) is 22.5 Å². The first kappa shape index (κ1) is 24.6. The second-order valence-corrected chi connectivity index (χ2v) is 10.4. The van der Waals surface area contributed by atoms with E-state index in [-0.39, 0.29) is 55.7 Å². The lowest BCUT2D eigenvalue weighted by atomic mass is 9.94. The molecular formula is C24H27N5O5S. The summed E-state index contributed by atoms with van der Waals surface area (Å²) in [6.45, 7) is 0.547. The lowest BCUT2D eigenvalue weighted by Gasteiger charge is -2.36. The Morgan fingerprint density at radius 1 is 1.06 bits per heavy atom. The zero-order chi connectivity index (χ0) is 24.9. The molecule has 5 N–H and O–H groups in total. The third kappa shape index (κ3) is 5.11. The first-order valence-electron chi connectivity index (χ1n) is 11.1. The van der Waals surface area contributed by atoms with E-state index in [1.165, 1.54) is 6.07 Å². The molecular weight excluding hydrogens is 470 g/mol. The van der Waals surface area contributed by atoms with E-state index in [1.807, 2.05) is 0 Å². The van der Waals surface area contributed by atoms with Crippen molar-refractivity contribution in [2.75, 3.05) is 37.4 Å². The van der Waals surface area contributed by atoms with E-state index in [1.54, 1.807) is 54.6 Å². The number of carbonyl (C=O) groups is 1. The smallest absolute Gasteiger partial charge is 0.319 e. The standard InChI is InChI=1S/C24H27N5O5S/c25-21-16-20(24(10-14-34-15-11-24)35(32,33)19-4-2-1-3-5-19)28-22(29-21)17-6-8-18(9-7-17)27-23(31)26-12-13-30/h1-9,16,30H,10-15H2,(H2,25,28,29)(H2,26,27,31). The van der Waals surface area contributed by atoms with Crippen molar-refractivity contribution in [1.29, 1.82) is 0 Å². The second kappa shape index (κ2) is 10.4. The highest BCUT2D eigenvalue weighted by Crippen LogP contribution is 2.43. The highest BCUT2D eigenvalue weighted by molar-refractivity contribution is 7.92. The van der Waals surface area contributed by atoms with Gasteiger partial charge in [0.1, 0.15) is 10.6 Å². The molecule has 0 unspecified atom stereocenters. The van der Waals surface area contributed by atoms with Crippen molar-refractivity contribution in [3.8, 4) is 11.4 Å². The summed E-state index contributed by atoms with van der Waals surface area (Å²) in [7, 11) is -3.82. The molecule has 0 saturated carbocycles. The zero-order valence-corrected chi connectivity index (χ0v) is 19.8. The van der Waals surface area contributed by atoms with Gasteiger partial charge in [-0.3, -0.25) is 0 Å². The second-order valence-electron chi connectivity index (χ2n) is 8.11. The van der Waals surface area contributed by atoms with Gasteiger partial charge in [-0.15, -0.1) is 0 Å². The van der Waals surface area contributed by atoms with Crippen LogP contribution in [0.4, 0.5) is 16.3 Å². The Hall–Kier alpha value is -3.54. The number of urea groups is 1. The Kier molecular flexibility index (Phi) is 7.29. The van der Waals surface area contributed by atoms with E-state index in [9.17, 15) is 13.2 Å². The van der Waals surface area contributed by atoms with Crippen LogP contribution in [0.1, 0.15) is 18.5 Å². The molecule has 0 aliphatic carbocycles. The van der Waals surface area contributed by atoms with Crippen LogP contribution in [0.15, 0.2) is 65.6 Å². The van der Waals surface area contributed by atoms with Crippen molar-refractivity contribution in [3.05, 3.63) is 66.4 Å². The molecule has 2 amide bonds. The Labute approximate surface area is 203 Å². The summed E-state index contributed by atoms with van der Waals surface area (Å²) in [5.41, 5.74) is 7.59.